The molecule has 2 rings (SSSR count). The smallest absolute Gasteiger partial charge is 0.153 e. The summed E-state index contributed by atoms with van der Waals surface area (Å²) in [6, 6.07) is 5.97. The molecule has 1 aromatic rings. The minimum Gasteiger partial charge on any atom is -0.409 e. The van der Waals surface area contributed by atoms with Crippen LogP contribution in [0.25, 0.3) is 0 Å². The van der Waals surface area contributed by atoms with E-state index < -0.39 is 0 Å². The van der Waals surface area contributed by atoms with E-state index in [1.54, 1.807) is 6.07 Å². The van der Waals surface area contributed by atoms with Crippen molar-refractivity contribution in [2.45, 2.75) is 38.3 Å². The number of nitrogens with zero attached hydrogens (tertiary/aromatic N) is 2. The summed E-state index contributed by atoms with van der Waals surface area (Å²) in [4.78, 5) is 2.22. The summed E-state index contributed by atoms with van der Waals surface area (Å²) in [5, 5.41) is 13.1. The number of hydrogen-bond acceptors (Lipinski definition) is 3. The van der Waals surface area contributed by atoms with E-state index in [1.807, 2.05) is 12.1 Å². The van der Waals surface area contributed by atoms with E-state index in [0.717, 1.165) is 18.4 Å². The molecule has 1 aromatic carbocycles. The van der Waals surface area contributed by atoms with Gasteiger partial charge in [-0.3, -0.25) is 4.90 Å². The molecule has 0 amide bonds. The lowest BCUT2D eigenvalue weighted by Gasteiger charge is -2.28. The van der Waals surface area contributed by atoms with Crippen molar-refractivity contribution < 1.29 is 5.21 Å². The zero-order valence-corrected chi connectivity index (χ0v) is 12.7. The SMILES string of the molecule is NC(CN(Cc1ccc(Cl)cc1Cl)C1CCCC1)=NO. The van der Waals surface area contributed by atoms with Crippen LogP contribution >= 0.6 is 23.2 Å². The van der Waals surface area contributed by atoms with Crippen molar-refractivity contribution in [3.05, 3.63) is 33.8 Å². The van der Waals surface area contributed by atoms with Gasteiger partial charge in [0.2, 0.25) is 0 Å². The Morgan fingerprint density at radius 1 is 1.35 bits per heavy atom. The van der Waals surface area contributed by atoms with Crippen LogP contribution < -0.4 is 5.73 Å². The second kappa shape index (κ2) is 7.16. The zero-order chi connectivity index (χ0) is 14.5. The van der Waals surface area contributed by atoms with Gasteiger partial charge in [0.25, 0.3) is 0 Å². The summed E-state index contributed by atoms with van der Waals surface area (Å²) in [5.41, 5.74) is 6.67. The van der Waals surface area contributed by atoms with Gasteiger partial charge in [-0.2, -0.15) is 0 Å². The van der Waals surface area contributed by atoms with Crippen molar-refractivity contribution >= 4 is 29.0 Å². The first-order chi connectivity index (χ1) is 9.60. The number of benzene rings is 1. The normalized spacial score (nSPS) is 17.1. The number of hydrogen-bond donors (Lipinski definition) is 2. The van der Waals surface area contributed by atoms with Crippen LogP contribution in [0.5, 0.6) is 0 Å². The molecule has 110 valence electrons. The van der Waals surface area contributed by atoms with Crippen molar-refractivity contribution in [3.8, 4) is 0 Å². The van der Waals surface area contributed by atoms with Gasteiger partial charge in [0.1, 0.15) is 0 Å². The van der Waals surface area contributed by atoms with Crippen LogP contribution in [-0.4, -0.2) is 28.5 Å². The molecule has 0 bridgehead atoms. The molecule has 0 aromatic heterocycles. The van der Waals surface area contributed by atoms with E-state index in [-0.39, 0.29) is 5.84 Å². The van der Waals surface area contributed by atoms with E-state index in [4.69, 9.17) is 34.1 Å². The first kappa shape index (κ1) is 15.4. The average molecular weight is 316 g/mol. The second-order valence-electron chi connectivity index (χ2n) is 5.17. The molecule has 0 saturated heterocycles. The number of amidine groups is 1. The molecule has 20 heavy (non-hydrogen) atoms. The van der Waals surface area contributed by atoms with E-state index in [2.05, 4.69) is 10.1 Å². The maximum atomic E-state index is 8.78. The maximum absolute atomic E-state index is 8.78. The van der Waals surface area contributed by atoms with Crippen LogP contribution in [0.15, 0.2) is 23.4 Å². The molecule has 1 aliphatic rings. The third-order valence-corrected chi connectivity index (χ3v) is 4.31. The van der Waals surface area contributed by atoms with Gasteiger partial charge in [0.05, 0.1) is 6.54 Å². The third-order valence-electron chi connectivity index (χ3n) is 3.72. The molecule has 0 unspecified atom stereocenters. The van der Waals surface area contributed by atoms with Gasteiger partial charge in [0.15, 0.2) is 5.84 Å². The number of oxime groups is 1. The molecule has 0 atom stereocenters. The van der Waals surface area contributed by atoms with E-state index in [0.29, 0.717) is 29.2 Å². The van der Waals surface area contributed by atoms with Gasteiger partial charge in [0, 0.05) is 22.6 Å². The quantitative estimate of drug-likeness (QED) is 0.378. The maximum Gasteiger partial charge on any atom is 0.153 e. The summed E-state index contributed by atoms with van der Waals surface area (Å²) < 4.78 is 0. The predicted octanol–water partition coefficient (Wildman–Crippen LogP) is 3.48. The highest BCUT2D eigenvalue weighted by molar-refractivity contribution is 6.35. The molecule has 0 aliphatic heterocycles. The number of halogens is 2. The summed E-state index contributed by atoms with van der Waals surface area (Å²) in [6.07, 6.45) is 4.74. The van der Waals surface area contributed by atoms with Gasteiger partial charge < -0.3 is 10.9 Å². The van der Waals surface area contributed by atoms with Crippen LogP contribution in [0.3, 0.4) is 0 Å². The van der Waals surface area contributed by atoms with E-state index >= 15 is 0 Å². The zero-order valence-electron chi connectivity index (χ0n) is 11.2. The Morgan fingerprint density at radius 3 is 2.65 bits per heavy atom. The van der Waals surface area contributed by atoms with Gasteiger partial charge in [-0.1, -0.05) is 47.3 Å². The minimum atomic E-state index is 0.224. The van der Waals surface area contributed by atoms with Gasteiger partial charge in [-0.15, -0.1) is 0 Å². The van der Waals surface area contributed by atoms with Crippen molar-refractivity contribution in [2.24, 2.45) is 10.9 Å². The molecule has 1 saturated carbocycles. The first-order valence-electron chi connectivity index (χ1n) is 6.74. The van der Waals surface area contributed by atoms with Crippen LogP contribution in [-0.2, 0) is 6.54 Å². The topological polar surface area (TPSA) is 61.8 Å². The van der Waals surface area contributed by atoms with Crippen molar-refractivity contribution in [1.29, 1.82) is 0 Å². The summed E-state index contributed by atoms with van der Waals surface area (Å²) in [6.45, 7) is 1.12. The third kappa shape index (κ3) is 4.01. The van der Waals surface area contributed by atoms with Crippen LogP contribution in [0.2, 0.25) is 10.0 Å². The monoisotopic (exact) mass is 315 g/mol. The van der Waals surface area contributed by atoms with E-state index in [1.165, 1.54) is 12.8 Å². The molecule has 6 heteroatoms. The lowest BCUT2D eigenvalue weighted by molar-refractivity contribution is 0.214. The number of rotatable bonds is 5. The Bertz CT molecular complexity index is 487. The Hall–Kier alpha value is -0.970. The molecule has 0 heterocycles. The summed E-state index contributed by atoms with van der Waals surface area (Å²) >= 11 is 12.1. The predicted molar refractivity (Wildman–Crippen MR) is 82.5 cm³/mol. The Labute approximate surface area is 129 Å². The second-order valence-corrected chi connectivity index (χ2v) is 6.01. The molecular formula is C14H19Cl2N3O. The highest BCUT2D eigenvalue weighted by Gasteiger charge is 2.24. The fraction of sp³-hybridized carbons (Fsp3) is 0.500. The molecule has 1 aliphatic carbocycles. The van der Waals surface area contributed by atoms with Crippen LogP contribution in [0.4, 0.5) is 0 Å². The molecule has 0 radical (unpaired) electrons. The molecule has 4 nitrogen and oxygen atoms in total. The fourth-order valence-corrected chi connectivity index (χ4v) is 3.16. The van der Waals surface area contributed by atoms with Crippen molar-refractivity contribution in [2.75, 3.05) is 6.54 Å². The Kier molecular flexibility index (Phi) is 5.52. The number of nitrogens with two attached hydrogens (primary N) is 1. The Balaban J connectivity index is 2.13. The van der Waals surface area contributed by atoms with Gasteiger partial charge in [-0.25, -0.2) is 0 Å². The highest BCUT2D eigenvalue weighted by atomic mass is 35.5. The van der Waals surface area contributed by atoms with Crippen molar-refractivity contribution in [1.82, 2.24) is 4.90 Å². The largest absolute Gasteiger partial charge is 0.409 e. The Morgan fingerprint density at radius 2 is 2.05 bits per heavy atom. The van der Waals surface area contributed by atoms with Crippen LogP contribution in [0, 0.1) is 0 Å². The van der Waals surface area contributed by atoms with Crippen molar-refractivity contribution in [3.63, 3.8) is 0 Å². The fourth-order valence-electron chi connectivity index (χ4n) is 2.69. The highest BCUT2D eigenvalue weighted by Crippen LogP contribution is 2.27. The minimum absolute atomic E-state index is 0.224. The van der Waals surface area contributed by atoms with Crippen LogP contribution in [0.1, 0.15) is 31.2 Å². The molecule has 0 spiro atoms. The first-order valence-corrected chi connectivity index (χ1v) is 7.50. The lowest BCUT2D eigenvalue weighted by Crippen LogP contribution is -2.39. The molecule has 3 N–H and O–H groups in total. The average Bonchev–Trinajstić information content (AvgIpc) is 2.94. The molecule has 1 fully saturated rings. The van der Waals surface area contributed by atoms with Gasteiger partial charge in [-0.05, 0) is 30.5 Å². The summed E-state index contributed by atoms with van der Waals surface area (Å²) in [7, 11) is 0. The van der Waals surface area contributed by atoms with Gasteiger partial charge >= 0.3 is 0 Å². The van der Waals surface area contributed by atoms with E-state index in [9.17, 15) is 0 Å². The summed E-state index contributed by atoms with van der Waals surface area (Å²) in [5.74, 6) is 0.224. The molecular weight excluding hydrogens is 297 g/mol. The standard InChI is InChI=1S/C14H19Cl2N3O/c15-11-6-5-10(13(16)7-11)8-19(9-14(17)18-20)12-3-1-2-4-12/h5-7,12,20H,1-4,8-9H2,(H2,17,18). The lowest BCUT2D eigenvalue weighted by atomic mass is 10.1.